The van der Waals surface area contributed by atoms with Crippen molar-refractivity contribution in [3.05, 3.63) is 106 Å². The fourth-order valence-electron chi connectivity index (χ4n) is 4.22. The van der Waals surface area contributed by atoms with E-state index in [0.29, 0.717) is 13.0 Å². The Morgan fingerprint density at radius 3 is 2.20 bits per heavy atom. The van der Waals surface area contributed by atoms with Crippen LogP contribution in [0.25, 0.3) is 0 Å². The first-order chi connectivity index (χ1) is 16.8. The van der Waals surface area contributed by atoms with Gasteiger partial charge in [0.1, 0.15) is 6.04 Å². The van der Waals surface area contributed by atoms with E-state index in [1.54, 1.807) is 4.90 Å². The minimum Gasteiger partial charge on any atom is -0.352 e. The highest BCUT2D eigenvalue weighted by molar-refractivity contribution is 5.89. The van der Waals surface area contributed by atoms with Gasteiger partial charge >= 0.3 is 0 Å². The lowest BCUT2D eigenvalue weighted by molar-refractivity contribution is -0.141. The van der Waals surface area contributed by atoms with Crippen molar-refractivity contribution in [2.45, 2.75) is 72.5 Å². The van der Waals surface area contributed by atoms with Gasteiger partial charge in [-0.25, -0.2) is 0 Å². The maximum Gasteiger partial charge on any atom is 0.243 e. The Morgan fingerprint density at radius 2 is 1.51 bits per heavy atom. The molecule has 0 aliphatic heterocycles. The predicted octanol–water partition coefficient (Wildman–Crippen LogP) is 5.71. The Morgan fingerprint density at radius 1 is 0.857 bits per heavy atom. The first kappa shape index (κ1) is 26.2. The molecular weight excluding hydrogens is 432 g/mol. The number of aryl methyl sites for hydroxylation is 3. The third-order valence-electron chi connectivity index (χ3n) is 6.72. The minimum absolute atomic E-state index is 0.0372. The summed E-state index contributed by atoms with van der Waals surface area (Å²) in [7, 11) is 0. The van der Waals surface area contributed by atoms with Crippen LogP contribution in [0.1, 0.15) is 53.6 Å². The molecule has 0 saturated heterocycles. The molecular formula is C31H38N2O2. The van der Waals surface area contributed by atoms with E-state index in [2.05, 4.69) is 23.5 Å². The zero-order valence-electron chi connectivity index (χ0n) is 21.7. The smallest absolute Gasteiger partial charge is 0.243 e. The zero-order chi connectivity index (χ0) is 25.4. The Hall–Kier alpha value is -3.40. The molecule has 1 N–H and O–H groups in total. The van der Waals surface area contributed by atoms with Crippen molar-refractivity contribution in [2.24, 2.45) is 0 Å². The molecule has 35 heavy (non-hydrogen) atoms. The van der Waals surface area contributed by atoms with Gasteiger partial charge in [0.25, 0.3) is 0 Å². The van der Waals surface area contributed by atoms with Crippen LogP contribution in [-0.2, 0) is 29.0 Å². The van der Waals surface area contributed by atoms with Crippen LogP contribution >= 0.6 is 0 Å². The summed E-state index contributed by atoms with van der Waals surface area (Å²) in [5.41, 5.74) is 6.41. The van der Waals surface area contributed by atoms with Gasteiger partial charge in [0.05, 0.1) is 6.42 Å². The summed E-state index contributed by atoms with van der Waals surface area (Å²) in [5.74, 6) is -0.145. The minimum atomic E-state index is -0.608. The standard InChI is InChI=1S/C31H38N2O2/c1-6-25(5)32-31(35)29(19-26-13-8-7-9-14-26)33(21-27-15-11-10-12-23(27)3)30(34)20-28-18-22(2)16-17-24(28)4/h7-18,25,29H,6,19-21H2,1-5H3,(H,32,35)/t25-,29-/m1/s1. The zero-order valence-corrected chi connectivity index (χ0v) is 21.7. The second kappa shape index (κ2) is 12.3. The summed E-state index contributed by atoms with van der Waals surface area (Å²) in [5, 5.41) is 3.14. The van der Waals surface area contributed by atoms with Gasteiger partial charge in [-0.3, -0.25) is 9.59 Å². The molecule has 4 nitrogen and oxygen atoms in total. The van der Waals surface area contributed by atoms with E-state index in [1.165, 1.54) is 0 Å². The fourth-order valence-corrected chi connectivity index (χ4v) is 4.22. The summed E-state index contributed by atoms with van der Waals surface area (Å²) in [6.07, 6.45) is 1.56. The van der Waals surface area contributed by atoms with Crippen molar-refractivity contribution in [2.75, 3.05) is 0 Å². The van der Waals surface area contributed by atoms with E-state index in [1.807, 2.05) is 89.2 Å². The second-order valence-corrected chi connectivity index (χ2v) is 9.58. The van der Waals surface area contributed by atoms with Crippen molar-refractivity contribution in [3.8, 4) is 0 Å². The van der Waals surface area contributed by atoms with Crippen molar-refractivity contribution in [1.82, 2.24) is 10.2 Å². The van der Waals surface area contributed by atoms with Gasteiger partial charge in [-0.1, -0.05) is 85.3 Å². The molecule has 0 unspecified atom stereocenters. The molecule has 3 aromatic rings. The lowest BCUT2D eigenvalue weighted by Gasteiger charge is -2.33. The Bertz CT molecular complexity index is 1140. The Labute approximate surface area is 210 Å². The van der Waals surface area contributed by atoms with E-state index in [-0.39, 0.29) is 24.3 Å². The third-order valence-corrected chi connectivity index (χ3v) is 6.72. The molecule has 0 aromatic heterocycles. The molecule has 2 atom stereocenters. The van der Waals surface area contributed by atoms with E-state index >= 15 is 0 Å². The van der Waals surface area contributed by atoms with E-state index < -0.39 is 6.04 Å². The van der Waals surface area contributed by atoms with Crippen LogP contribution in [0, 0.1) is 20.8 Å². The molecule has 0 aliphatic rings. The van der Waals surface area contributed by atoms with E-state index in [0.717, 1.165) is 39.8 Å². The van der Waals surface area contributed by atoms with Crippen LogP contribution in [0.15, 0.2) is 72.8 Å². The number of benzene rings is 3. The third kappa shape index (κ3) is 7.29. The average molecular weight is 471 g/mol. The molecule has 0 spiro atoms. The molecule has 4 heteroatoms. The van der Waals surface area contributed by atoms with Gasteiger partial charge in [-0.05, 0) is 61.9 Å². The summed E-state index contributed by atoms with van der Waals surface area (Å²) < 4.78 is 0. The van der Waals surface area contributed by atoms with E-state index in [4.69, 9.17) is 0 Å². The second-order valence-electron chi connectivity index (χ2n) is 9.58. The molecule has 184 valence electrons. The summed E-state index contributed by atoms with van der Waals surface area (Å²) >= 11 is 0. The molecule has 2 amide bonds. The SMILES string of the molecule is CC[C@@H](C)NC(=O)[C@@H](Cc1ccccc1)N(Cc1ccccc1C)C(=O)Cc1cc(C)ccc1C. The van der Waals surface area contributed by atoms with Crippen molar-refractivity contribution in [1.29, 1.82) is 0 Å². The monoisotopic (exact) mass is 470 g/mol. The van der Waals surface area contributed by atoms with Crippen molar-refractivity contribution < 1.29 is 9.59 Å². The molecule has 0 radical (unpaired) electrons. The highest BCUT2D eigenvalue weighted by Crippen LogP contribution is 2.20. The lowest BCUT2D eigenvalue weighted by Crippen LogP contribution is -2.52. The topological polar surface area (TPSA) is 49.4 Å². The number of carbonyl (C=O) groups excluding carboxylic acids is 2. The van der Waals surface area contributed by atoms with Crippen LogP contribution in [0.4, 0.5) is 0 Å². The number of nitrogens with one attached hydrogen (secondary N) is 1. The van der Waals surface area contributed by atoms with Crippen LogP contribution in [0.5, 0.6) is 0 Å². The summed E-state index contributed by atoms with van der Waals surface area (Å²) in [4.78, 5) is 29.3. The van der Waals surface area contributed by atoms with Crippen LogP contribution < -0.4 is 5.32 Å². The van der Waals surface area contributed by atoms with Gasteiger partial charge in [0, 0.05) is 19.0 Å². The van der Waals surface area contributed by atoms with Gasteiger partial charge in [0.15, 0.2) is 0 Å². The highest BCUT2D eigenvalue weighted by atomic mass is 16.2. The molecule has 0 saturated carbocycles. The molecule has 0 heterocycles. The molecule has 3 aromatic carbocycles. The number of rotatable bonds is 10. The van der Waals surface area contributed by atoms with Crippen molar-refractivity contribution in [3.63, 3.8) is 0 Å². The van der Waals surface area contributed by atoms with Crippen molar-refractivity contribution >= 4 is 11.8 Å². The van der Waals surface area contributed by atoms with Gasteiger partial charge in [0.2, 0.25) is 11.8 Å². The van der Waals surface area contributed by atoms with Gasteiger partial charge in [-0.15, -0.1) is 0 Å². The lowest BCUT2D eigenvalue weighted by atomic mass is 9.98. The quantitative estimate of drug-likeness (QED) is 0.413. The number of amides is 2. The number of hydrogen-bond acceptors (Lipinski definition) is 2. The Kier molecular flexibility index (Phi) is 9.25. The predicted molar refractivity (Wildman–Crippen MR) is 143 cm³/mol. The molecule has 0 fully saturated rings. The van der Waals surface area contributed by atoms with Gasteiger partial charge < -0.3 is 10.2 Å². The van der Waals surface area contributed by atoms with Crippen LogP contribution in [-0.4, -0.2) is 28.8 Å². The van der Waals surface area contributed by atoms with Crippen LogP contribution in [0.3, 0.4) is 0 Å². The number of hydrogen-bond donors (Lipinski definition) is 1. The van der Waals surface area contributed by atoms with Gasteiger partial charge in [-0.2, -0.15) is 0 Å². The first-order valence-corrected chi connectivity index (χ1v) is 12.5. The number of carbonyl (C=O) groups is 2. The normalized spacial score (nSPS) is 12.6. The maximum absolute atomic E-state index is 13.9. The number of nitrogens with zero attached hydrogens (tertiary/aromatic N) is 1. The molecule has 3 rings (SSSR count). The largest absolute Gasteiger partial charge is 0.352 e. The Balaban J connectivity index is 2.01. The molecule has 0 bridgehead atoms. The van der Waals surface area contributed by atoms with Crippen LogP contribution in [0.2, 0.25) is 0 Å². The fraction of sp³-hybridized carbons (Fsp3) is 0.355. The maximum atomic E-state index is 13.9. The summed E-state index contributed by atoms with van der Waals surface area (Å²) in [6.45, 7) is 10.6. The first-order valence-electron chi connectivity index (χ1n) is 12.5. The average Bonchev–Trinajstić information content (AvgIpc) is 2.85. The molecule has 0 aliphatic carbocycles. The highest BCUT2D eigenvalue weighted by Gasteiger charge is 2.31. The van der Waals surface area contributed by atoms with E-state index in [9.17, 15) is 9.59 Å². The summed E-state index contributed by atoms with van der Waals surface area (Å²) in [6, 6.07) is 23.7.